The van der Waals surface area contributed by atoms with Gasteiger partial charge in [-0.3, -0.25) is 4.68 Å². The molecule has 0 bridgehead atoms. The van der Waals surface area contributed by atoms with Gasteiger partial charge < -0.3 is 0 Å². The molecule has 2 nitrogen and oxygen atoms in total. The van der Waals surface area contributed by atoms with Crippen molar-refractivity contribution >= 4 is 10.9 Å². The zero-order valence-electron chi connectivity index (χ0n) is 10.4. The van der Waals surface area contributed by atoms with E-state index in [-0.39, 0.29) is 0 Å². The highest BCUT2D eigenvalue weighted by atomic mass is 19.4. The van der Waals surface area contributed by atoms with E-state index in [2.05, 4.69) is 5.10 Å². The van der Waals surface area contributed by atoms with Crippen LogP contribution in [0.25, 0.3) is 10.9 Å². The molecule has 0 atom stereocenters. The quantitative estimate of drug-likeness (QED) is 0.689. The fourth-order valence-corrected chi connectivity index (χ4v) is 2.12. The fraction of sp³-hybridized carbons (Fsp3) is 0.133. The van der Waals surface area contributed by atoms with Crippen molar-refractivity contribution in [1.29, 1.82) is 0 Å². The van der Waals surface area contributed by atoms with E-state index in [9.17, 15) is 13.2 Å². The summed E-state index contributed by atoms with van der Waals surface area (Å²) in [6.07, 6.45) is -2.55. The van der Waals surface area contributed by atoms with Gasteiger partial charge in [0.1, 0.15) is 0 Å². The lowest BCUT2D eigenvalue weighted by Gasteiger charge is -2.08. The molecule has 0 aliphatic rings. The predicted molar refractivity (Wildman–Crippen MR) is 70.3 cm³/mol. The van der Waals surface area contributed by atoms with E-state index in [0.717, 1.165) is 28.6 Å². The number of benzene rings is 2. The summed E-state index contributed by atoms with van der Waals surface area (Å²) in [4.78, 5) is 0. The van der Waals surface area contributed by atoms with Gasteiger partial charge in [-0.2, -0.15) is 18.3 Å². The second-order valence-electron chi connectivity index (χ2n) is 4.56. The summed E-state index contributed by atoms with van der Waals surface area (Å²) in [5, 5.41) is 5.27. The molecular weight excluding hydrogens is 265 g/mol. The lowest BCUT2D eigenvalue weighted by molar-refractivity contribution is -0.137. The number of alkyl halides is 3. The smallest absolute Gasteiger partial charge is 0.260 e. The SMILES string of the molecule is FC(F)(F)c1ccc(Cn2ncc3ccccc32)cc1. The Hall–Kier alpha value is -2.30. The van der Waals surface area contributed by atoms with Crippen molar-refractivity contribution in [3.8, 4) is 0 Å². The molecule has 3 rings (SSSR count). The third-order valence-corrected chi connectivity index (χ3v) is 3.16. The van der Waals surface area contributed by atoms with Gasteiger partial charge in [0.05, 0.1) is 23.8 Å². The van der Waals surface area contributed by atoms with Crippen LogP contribution in [0.1, 0.15) is 11.1 Å². The molecule has 3 aromatic rings. The van der Waals surface area contributed by atoms with Crippen LogP contribution in [-0.4, -0.2) is 9.78 Å². The van der Waals surface area contributed by atoms with E-state index in [0.29, 0.717) is 6.54 Å². The zero-order chi connectivity index (χ0) is 14.2. The predicted octanol–water partition coefficient (Wildman–Crippen LogP) is 4.10. The molecule has 1 aromatic heterocycles. The van der Waals surface area contributed by atoms with E-state index >= 15 is 0 Å². The molecule has 0 amide bonds. The summed E-state index contributed by atoms with van der Waals surface area (Å²) in [5.74, 6) is 0. The Morgan fingerprint density at radius 3 is 2.35 bits per heavy atom. The molecule has 0 aliphatic heterocycles. The maximum Gasteiger partial charge on any atom is 0.416 e. The maximum atomic E-state index is 12.5. The first-order valence-electron chi connectivity index (χ1n) is 6.11. The van der Waals surface area contributed by atoms with E-state index in [1.165, 1.54) is 12.1 Å². The number of hydrogen-bond acceptors (Lipinski definition) is 1. The summed E-state index contributed by atoms with van der Waals surface area (Å²) in [5.41, 5.74) is 1.12. The molecule has 0 spiro atoms. The van der Waals surface area contributed by atoms with E-state index in [1.54, 1.807) is 10.9 Å². The third kappa shape index (κ3) is 2.39. The lowest BCUT2D eigenvalue weighted by atomic mass is 10.1. The summed E-state index contributed by atoms with van der Waals surface area (Å²) in [6, 6.07) is 12.9. The summed E-state index contributed by atoms with van der Waals surface area (Å²) < 4.78 is 39.2. The molecule has 0 saturated heterocycles. The second kappa shape index (κ2) is 4.67. The summed E-state index contributed by atoms with van der Waals surface area (Å²) in [6.45, 7) is 0.450. The van der Waals surface area contributed by atoms with Crippen molar-refractivity contribution in [3.05, 3.63) is 65.9 Å². The summed E-state index contributed by atoms with van der Waals surface area (Å²) in [7, 11) is 0. The Bertz CT molecular complexity index is 727. The van der Waals surface area contributed by atoms with Crippen LogP contribution < -0.4 is 0 Å². The first kappa shape index (κ1) is 12.7. The van der Waals surface area contributed by atoms with Crippen molar-refractivity contribution in [2.24, 2.45) is 0 Å². The minimum atomic E-state index is -4.29. The van der Waals surface area contributed by atoms with Crippen LogP contribution in [0, 0.1) is 0 Å². The van der Waals surface area contributed by atoms with E-state index in [4.69, 9.17) is 0 Å². The number of rotatable bonds is 2. The molecule has 0 aliphatic carbocycles. The van der Waals surface area contributed by atoms with Crippen LogP contribution in [0.3, 0.4) is 0 Å². The van der Waals surface area contributed by atoms with E-state index in [1.807, 2.05) is 24.3 Å². The van der Waals surface area contributed by atoms with Gasteiger partial charge in [-0.05, 0) is 23.8 Å². The van der Waals surface area contributed by atoms with Gasteiger partial charge in [-0.1, -0.05) is 30.3 Å². The van der Waals surface area contributed by atoms with E-state index < -0.39 is 11.7 Å². The monoisotopic (exact) mass is 276 g/mol. The molecule has 102 valence electrons. The average molecular weight is 276 g/mol. The molecule has 2 aromatic carbocycles. The molecule has 0 radical (unpaired) electrons. The van der Waals surface area contributed by atoms with Crippen LogP contribution in [0.15, 0.2) is 54.7 Å². The molecule has 5 heteroatoms. The van der Waals surface area contributed by atoms with Gasteiger partial charge in [-0.15, -0.1) is 0 Å². The number of aromatic nitrogens is 2. The Kier molecular flexibility index (Phi) is 2.97. The highest BCUT2D eigenvalue weighted by Gasteiger charge is 2.29. The number of fused-ring (bicyclic) bond motifs is 1. The van der Waals surface area contributed by atoms with Crippen molar-refractivity contribution in [3.63, 3.8) is 0 Å². The van der Waals surface area contributed by atoms with Crippen LogP contribution in [0.2, 0.25) is 0 Å². The second-order valence-corrected chi connectivity index (χ2v) is 4.56. The van der Waals surface area contributed by atoms with Crippen LogP contribution >= 0.6 is 0 Å². The highest BCUT2D eigenvalue weighted by Crippen LogP contribution is 2.29. The van der Waals surface area contributed by atoms with Gasteiger partial charge in [0, 0.05) is 5.39 Å². The minimum Gasteiger partial charge on any atom is -0.260 e. The largest absolute Gasteiger partial charge is 0.416 e. The standard InChI is InChI=1S/C15H11F3N2/c16-15(17,18)13-7-5-11(6-8-13)10-20-14-4-2-1-3-12(14)9-19-20/h1-9H,10H2. The highest BCUT2D eigenvalue weighted by molar-refractivity contribution is 5.78. The Balaban J connectivity index is 1.88. The van der Waals surface area contributed by atoms with Crippen molar-refractivity contribution in [2.45, 2.75) is 12.7 Å². The van der Waals surface area contributed by atoms with Gasteiger partial charge in [0.25, 0.3) is 0 Å². The molecule has 0 saturated carbocycles. The van der Waals surface area contributed by atoms with Crippen LogP contribution in [0.4, 0.5) is 13.2 Å². The van der Waals surface area contributed by atoms with Crippen molar-refractivity contribution in [2.75, 3.05) is 0 Å². The summed E-state index contributed by atoms with van der Waals surface area (Å²) >= 11 is 0. The molecule has 0 N–H and O–H groups in total. The normalized spacial score (nSPS) is 11.9. The first-order valence-corrected chi connectivity index (χ1v) is 6.11. The Morgan fingerprint density at radius 1 is 0.950 bits per heavy atom. The van der Waals surface area contributed by atoms with Crippen LogP contribution in [0.5, 0.6) is 0 Å². The molecule has 0 fully saturated rings. The molecular formula is C15H11F3N2. The van der Waals surface area contributed by atoms with Gasteiger partial charge in [0.15, 0.2) is 0 Å². The van der Waals surface area contributed by atoms with Crippen LogP contribution in [-0.2, 0) is 12.7 Å². The molecule has 20 heavy (non-hydrogen) atoms. The zero-order valence-corrected chi connectivity index (χ0v) is 10.4. The van der Waals surface area contributed by atoms with Crippen molar-refractivity contribution in [1.82, 2.24) is 9.78 Å². The fourth-order valence-electron chi connectivity index (χ4n) is 2.12. The number of hydrogen-bond donors (Lipinski definition) is 0. The lowest BCUT2D eigenvalue weighted by Crippen LogP contribution is -2.06. The van der Waals surface area contributed by atoms with Gasteiger partial charge in [0.2, 0.25) is 0 Å². The van der Waals surface area contributed by atoms with Gasteiger partial charge in [-0.25, -0.2) is 0 Å². The topological polar surface area (TPSA) is 17.8 Å². The number of nitrogens with zero attached hydrogens (tertiary/aromatic N) is 2. The third-order valence-electron chi connectivity index (χ3n) is 3.16. The molecule has 1 heterocycles. The van der Waals surface area contributed by atoms with Gasteiger partial charge >= 0.3 is 6.18 Å². The van der Waals surface area contributed by atoms with Crippen molar-refractivity contribution < 1.29 is 13.2 Å². The first-order chi connectivity index (χ1) is 9.54. The Labute approximate surface area is 113 Å². The molecule has 0 unspecified atom stereocenters. The number of para-hydroxylation sites is 1. The number of halogens is 3. The minimum absolute atomic E-state index is 0.450. The average Bonchev–Trinajstić information content (AvgIpc) is 2.82. The Morgan fingerprint density at radius 2 is 1.65 bits per heavy atom. The maximum absolute atomic E-state index is 12.5.